The second kappa shape index (κ2) is 5.92. The quantitative estimate of drug-likeness (QED) is 0.841. The van der Waals surface area contributed by atoms with E-state index in [1.54, 1.807) is 0 Å². The van der Waals surface area contributed by atoms with Crippen LogP contribution < -0.4 is 0 Å². The predicted octanol–water partition coefficient (Wildman–Crippen LogP) is 2.29. The van der Waals surface area contributed by atoms with Gasteiger partial charge in [-0.3, -0.25) is 0 Å². The molecule has 16 heavy (non-hydrogen) atoms. The van der Waals surface area contributed by atoms with E-state index in [1.165, 1.54) is 19.2 Å². The highest BCUT2D eigenvalue weighted by molar-refractivity contribution is 5.18. The van der Waals surface area contributed by atoms with Gasteiger partial charge in [-0.2, -0.15) is 0 Å². The fourth-order valence-corrected chi connectivity index (χ4v) is 1.70. The van der Waals surface area contributed by atoms with Gasteiger partial charge >= 0.3 is 0 Å². The molecular formula is C12H16F2O2. The molecule has 0 aromatic heterocycles. The molecule has 0 radical (unpaired) electrons. The molecule has 0 spiro atoms. The van der Waals surface area contributed by atoms with Crippen molar-refractivity contribution in [1.29, 1.82) is 0 Å². The number of halogens is 2. The lowest BCUT2D eigenvalue weighted by molar-refractivity contribution is -0.0129. The first kappa shape index (κ1) is 13.1. The van der Waals surface area contributed by atoms with Crippen LogP contribution in [0.15, 0.2) is 18.2 Å². The smallest absolute Gasteiger partial charge is 0.126 e. The van der Waals surface area contributed by atoms with Gasteiger partial charge in [-0.25, -0.2) is 8.78 Å². The molecule has 2 atom stereocenters. The molecule has 0 saturated carbocycles. The fourth-order valence-electron chi connectivity index (χ4n) is 1.70. The molecule has 1 aromatic carbocycles. The number of methoxy groups -OCH3 is 1. The monoisotopic (exact) mass is 230 g/mol. The zero-order valence-electron chi connectivity index (χ0n) is 9.41. The Kier molecular flexibility index (Phi) is 4.83. The summed E-state index contributed by atoms with van der Waals surface area (Å²) in [5.74, 6) is -1.26. The standard InChI is InChI=1S/C12H16F2O2/c1-3-12(16-2)11(15)6-8-4-9(13)7-10(14)5-8/h4-5,7,11-12,15H,3,6H2,1-2H3. The van der Waals surface area contributed by atoms with Crippen LogP contribution in [0.3, 0.4) is 0 Å². The van der Waals surface area contributed by atoms with Crippen LogP contribution in [0, 0.1) is 11.6 Å². The van der Waals surface area contributed by atoms with E-state index in [1.807, 2.05) is 6.92 Å². The average Bonchev–Trinajstić information content (AvgIpc) is 2.17. The number of benzene rings is 1. The Morgan fingerprint density at radius 1 is 1.25 bits per heavy atom. The summed E-state index contributed by atoms with van der Waals surface area (Å²) in [6.45, 7) is 1.88. The van der Waals surface area contributed by atoms with Crippen molar-refractivity contribution in [2.45, 2.75) is 32.0 Å². The normalized spacial score (nSPS) is 14.8. The molecule has 0 bridgehead atoms. The van der Waals surface area contributed by atoms with Crippen molar-refractivity contribution in [2.24, 2.45) is 0 Å². The molecule has 0 heterocycles. The van der Waals surface area contributed by atoms with Crippen molar-refractivity contribution in [2.75, 3.05) is 7.11 Å². The molecule has 0 fully saturated rings. The maximum atomic E-state index is 12.9. The fraction of sp³-hybridized carbons (Fsp3) is 0.500. The lowest BCUT2D eigenvalue weighted by Crippen LogP contribution is -2.29. The number of aliphatic hydroxyl groups is 1. The highest BCUT2D eigenvalue weighted by Crippen LogP contribution is 2.13. The molecule has 2 unspecified atom stereocenters. The second-order valence-electron chi connectivity index (χ2n) is 3.73. The van der Waals surface area contributed by atoms with E-state index in [0.29, 0.717) is 12.0 Å². The van der Waals surface area contributed by atoms with Crippen LogP contribution in [0.5, 0.6) is 0 Å². The maximum absolute atomic E-state index is 12.9. The Balaban J connectivity index is 2.72. The first-order chi connectivity index (χ1) is 7.56. The molecule has 0 aliphatic rings. The summed E-state index contributed by atoms with van der Waals surface area (Å²) < 4.78 is 30.8. The molecule has 90 valence electrons. The van der Waals surface area contributed by atoms with E-state index in [4.69, 9.17) is 4.74 Å². The summed E-state index contributed by atoms with van der Waals surface area (Å²) in [4.78, 5) is 0. The lowest BCUT2D eigenvalue weighted by atomic mass is 10.0. The summed E-state index contributed by atoms with van der Waals surface area (Å²) in [6, 6.07) is 3.24. The molecule has 0 aliphatic carbocycles. The van der Waals surface area contributed by atoms with Gasteiger partial charge in [-0.05, 0) is 24.1 Å². The minimum absolute atomic E-state index is 0.182. The summed E-state index contributed by atoms with van der Waals surface area (Å²) in [7, 11) is 1.50. The third-order valence-corrected chi connectivity index (χ3v) is 2.50. The van der Waals surface area contributed by atoms with Crippen molar-refractivity contribution in [3.05, 3.63) is 35.4 Å². The SMILES string of the molecule is CCC(OC)C(O)Cc1cc(F)cc(F)c1. The first-order valence-corrected chi connectivity index (χ1v) is 5.22. The van der Waals surface area contributed by atoms with Gasteiger partial charge < -0.3 is 9.84 Å². The number of hydrogen-bond acceptors (Lipinski definition) is 2. The third-order valence-electron chi connectivity index (χ3n) is 2.50. The summed E-state index contributed by atoms with van der Waals surface area (Å²) >= 11 is 0. The molecule has 1 rings (SSSR count). The van der Waals surface area contributed by atoms with Gasteiger partial charge in [0, 0.05) is 19.6 Å². The van der Waals surface area contributed by atoms with Crippen molar-refractivity contribution in [1.82, 2.24) is 0 Å². The maximum Gasteiger partial charge on any atom is 0.126 e. The van der Waals surface area contributed by atoms with Gasteiger partial charge in [0.2, 0.25) is 0 Å². The Morgan fingerprint density at radius 3 is 2.25 bits per heavy atom. The predicted molar refractivity (Wildman–Crippen MR) is 57.2 cm³/mol. The largest absolute Gasteiger partial charge is 0.390 e. The summed E-state index contributed by atoms with van der Waals surface area (Å²) in [5.41, 5.74) is 0.431. The Hall–Kier alpha value is -1.00. The van der Waals surface area contributed by atoms with Crippen LogP contribution in [0.4, 0.5) is 8.78 Å². The van der Waals surface area contributed by atoms with Crippen LogP contribution >= 0.6 is 0 Å². The Morgan fingerprint density at radius 2 is 1.81 bits per heavy atom. The molecule has 1 N–H and O–H groups in total. The molecule has 4 heteroatoms. The van der Waals surface area contributed by atoms with Crippen molar-refractivity contribution < 1.29 is 18.6 Å². The third kappa shape index (κ3) is 3.54. The minimum Gasteiger partial charge on any atom is -0.390 e. The minimum atomic E-state index is -0.754. The van der Waals surface area contributed by atoms with E-state index < -0.39 is 17.7 Å². The highest BCUT2D eigenvalue weighted by Gasteiger charge is 2.17. The number of aliphatic hydroxyl groups excluding tert-OH is 1. The van der Waals surface area contributed by atoms with Gasteiger partial charge in [0.25, 0.3) is 0 Å². The van der Waals surface area contributed by atoms with Crippen LogP contribution in [0.25, 0.3) is 0 Å². The Bertz CT molecular complexity index is 318. The second-order valence-corrected chi connectivity index (χ2v) is 3.73. The van der Waals surface area contributed by atoms with E-state index in [0.717, 1.165) is 6.07 Å². The van der Waals surface area contributed by atoms with Crippen molar-refractivity contribution in [3.63, 3.8) is 0 Å². The van der Waals surface area contributed by atoms with Crippen molar-refractivity contribution in [3.8, 4) is 0 Å². The molecular weight excluding hydrogens is 214 g/mol. The highest BCUT2D eigenvalue weighted by atomic mass is 19.1. The molecule has 1 aromatic rings. The topological polar surface area (TPSA) is 29.5 Å². The van der Waals surface area contributed by atoms with Crippen molar-refractivity contribution >= 4 is 0 Å². The van der Waals surface area contributed by atoms with E-state index in [2.05, 4.69) is 0 Å². The summed E-state index contributed by atoms with van der Waals surface area (Å²) in [5, 5.41) is 9.77. The number of rotatable bonds is 5. The molecule has 2 nitrogen and oxygen atoms in total. The summed E-state index contributed by atoms with van der Waals surface area (Å²) in [6.07, 6.45) is -0.237. The Labute approximate surface area is 93.9 Å². The van der Waals surface area contributed by atoms with Crippen LogP contribution in [0.2, 0.25) is 0 Å². The first-order valence-electron chi connectivity index (χ1n) is 5.22. The van der Waals surface area contributed by atoms with Gasteiger partial charge in [-0.15, -0.1) is 0 Å². The van der Waals surface area contributed by atoms with Gasteiger partial charge in [0.1, 0.15) is 11.6 Å². The number of ether oxygens (including phenoxy) is 1. The average molecular weight is 230 g/mol. The molecule has 0 amide bonds. The van der Waals surface area contributed by atoms with E-state index in [-0.39, 0.29) is 12.5 Å². The number of hydrogen-bond donors (Lipinski definition) is 1. The lowest BCUT2D eigenvalue weighted by Gasteiger charge is -2.20. The zero-order chi connectivity index (χ0) is 12.1. The van der Waals surface area contributed by atoms with E-state index >= 15 is 0 Å². The zero-order valence-corrected chi connectivity index (χ0v) is 9.41. The van der Waals surface area contributed by atoms with Gasteiger partial charge in [0.15, 0.2) is 0 Å². The van der Waals surface area contributed by atoms with Crippen LogP contribution in [-0.4, -0.2) is 24.4 Å². The van der Waals surface area contributed by atoms with Gasteiger partial charge in [0.05, 0.1) is 12.2 Å². The molecule has 0 aliphatic heterocycles. The van der Waals surface area contributed by atoms with Gasteiger partial charge in [-0.1, -0.05) is 6.92 Å². The van der Waals surface area contributed by atoms with Crippen LogP contribution in [0.1, 0.15) is 18.9 Å². The molecule has 0 saturated heterocycles. The van der Waals surface area contributed by atoms with Crippen LogP contribution in [-0.2, 0) is 11.2 Å². The van der Waals surface area contributed by atoms with E-state index in [9.17, 15) is 13.9 Å².